The van der Waals surface area contributed by atoms with E-state index in [-0.39, 0.29) is 23.3 Å². The lowest BCUT2D eigenvalue weighted by Gasteiger charge is -1.96. The summed E-state index contributed by atoms with van der Waals surface area (Å²) in [5, 5.41) is 0. The van der Waals surface area contributed by atoms with Crippen LogP contribution >= 0.6 is 23.4 Å². The van der Waals surface area contributed by atoms with Gasteiger partial charge < -0.3 is 0 Å². The van der Waals surface area contributed by atoms with Crippen LogP contribution < -0.4 is 16.4 Å². The maximum absolute atomic E-state index is 12.5. The third kappa shape index (κ3) is 7.09. The molecule has 24 heavy (non-hydrogen) atoms. The molecule has 0 fully saturated rings. The fourth-order valence-electron chi connectivity index (χ4n) is 2.04. The summed E-state index contributed by atoms with van der Waals surface area (Å²) in [6, 6.07) is 1.59. The van der Waals surface area contributed by atoms with E-state index in [4.69, 9.17) is 0 Å². The van der Waals surface area contributed by atoms with Crippen LogP contribution in [0.4, 0.5) is 0 Å². The van der Waals surface area contributed by atoms with Crippen LogP contribution in [-0.2, 0) is 13.7 Å². The van der Waals surface area contributed by atoms with Crippen molar-refractivity contribution in [3.8, 4) is 0 Å². The van der Waals surface area contributed by atoms with Gasteiger partial charge in [-0.05, 0) is 17.8 Å². The maximum atomic E-state index is 12.5. The lowest BCUT2D eigenvalue weighted by molar-refractivity contribution is 0.584. The van der Waals surface area contributed by atoms with Crippen LogP contribution in [0.1, 0.15) is 41.5 Å². The van der Waals surface area contributed by atoms with E-state index in [1.165, 1.54) is 0 Å². The van der Waals surface area contributed by atoms with Crippen LogP contribution in [0.25, 0.3) is 0 Å². The van der Waals surface area contributed by atoms with Crippen molar-refractivity contribution >= 4 is 39.8 Å². The number of rotatable bonds is 9. The minimum atomic E-state index is -1.77. The van der Waals surface area contributed by atoms with Crippen molar-refractivity contribution in [3.05, 3.63) is 6.07 Å². The minimum Gasteiger partial charge on any atom is -0.140 e. The summed E-state index contributed by atoms with van der Waals surface area (Å²) in [7, 11) is -5.16. The van der Waals surface area contributed by atoms with E-state index in [0.29, 0.717) is 29.4 Å². The first kappa shape index (κ1) is 21.4. The SMILES string of the molecule is CC(C)C[P+](=O)c1cc([P+](=O)CC(C)C)nc([P+](=O)CC(C)C)n1. The largest absolute Gasteiger partial charge is 0.418 e. The monoisotopic (exact) mass is 389 g/mol. The third-order valence-electron chi connectivity index (χ3n) is 3.01. The molecule has 1 aromatic heterocycles. The molecule has 0 spiro atoms. The molecule has 0 aromatic carbocycles. The average molecular weight is 389 g/mol. The minimum absolute atomic E-state index is 0.199. The normalized spacial score (nSPS) is 13.6. The summed E-state index contributed by atoms with van der Waals surface area (Å²) in [5.74, 6) is 0.784. The zero-order valence-corrected chi connectivity index (χ0v) is 18.1. The van der Waals surface area contributed by atoms with Gasteiger partial charge in [0.05, 0.1) is 6.07 Å². The number of hydrogen-bond donors (Lipinski definition) is 0. The highest BCUT2D eigenvalue weighted by atomic mass is 31.1. The average Bonchev–Trinajstić information content (AvgIpc) is 2.44. The van der Waals surface area contributed by atoms with E-state index in [0.717, 1.165) is 0 Å². The lowest BCUT2D eigenvalue weighted by Crippen LogP contribution is -2.28. The first-order chi connectivity index (χ1) is 11.1. The molecule has 0 aliphatic rings. The Labute approximate surface area is 147 Å². The van der Waals surface area contributed by atoms with Crippen molar-refractivity contribution in [3.63, 3.8) is 0 Å². The Morgan fingerprint density at radius 3 is 1.38 bits per heavy atom. The second kappa shape index (κ2) is 9.76. The molecule has 0 radical (unpaired) electrons. The Balaban J connectivity index is 3.25. The van der Waals surface area contributed by atoms with Crippen molar-refractivity contribution in [2.24, 2.45) is 17.8 Å². The van der Waals surface area contributed by atoms with E-state index in [2.05, 4.69) is 9.97 Å². The molecule has 1 rings (SSSR count). The molecule has 0 amide bonds. The molecular weight excluding hydrogens is 361 g/mol. The highest BCUT2D eigenvalue weighted by molar-refractivity contribution is 7.55. The smallest absolute Gasteiger partial charge is 0.140 e. The first-order valence-electron chi connectivity index (χ1n) is 8.33. The molecule has 3 atom stereocenters. The Morgan fingerprint density at radius 1 is 0.708 bits per heavy atom. The van der Waals surface area contributed by atoms with Crippen LogP contribution in [0.3, 0.4) is 0 Å². The Bertz CT molecular complexity index is 533. The highest BCUT2D eigenvalue weighted by Gasteiger charge is 2.36. The van der Waals surface area contributed by atoms with Crippen LogP contribution in [0, 0.1) is 17.8 Å². The van der Waals surface area contributed by atoms with Crippen molar-refractivity contribution in [2.45, 2.75) is 41.5 Å². The second-order valence-electron chi connectivity index (χ2n) is 7.25. The summed E-state index contributed by atoms with van der Waals surface area (Å²) in [6.07, 6.45) is 1.49. The fraction of sp³-hybridized carbons (Fsp3) is 0.750. The predicted molar refractivity (Wildman–Crippen MR) is 103 cm³/mol. The number of aromatic nitrogens is 2. The fourth-order valence-corrected chi connectivity index (χ4v) is 6.21. The van der Waals surface area contributed by atoms with Gasteiger partial charge in [-0.3, -0.25) is 0 Å². The van der Waals surface area contributed by atoms with Gasteiger partial charge in [-0.25, -0.2) is 0 Å². The van der Waals surface area contributed by atoms with Crippen molar-refractivity contribution in [1.29, 1.82) is 0 Å². The van der Waals surface area contributed by atoms with Crippen molar-refractivity contribution < 1.29 is 13.7 Å². The van der Waals surface area contributed by atoms with Gasteiger partial charge in [0.25, 0.3) is 10.9 Å². The molecular formula is C16H28N2O3P3+3. The predicted octanol–water partition coefficient (Wildman–Crippen LogP) is 3.80. The topological polar surface area (TPSA) is 77.0 Å². The summed E-state index contributed by atoms with van der Waals surface area (Å²) < 4.78 is 37.5. The van der Waals surface area contributed by atoms with Gasteiger partial charge in [-0.2, -0.15) is 0 Å². The van der Waals surface area contributed by atoms with Crippen LogP contribution in [-0.4, -0.2) is 28.5 Å². The second-order valence-corrected chi connectivity index (χ2v) is 11.9. The molecule has 132 valence electrons. The Kier molecular flexibility index (Phi) is 8.71. The Hall–Kier alpha value is -0.620. The molecule has 5 nitrogen and oxygen atoms in total. The van der Waals surface area contributed by atoms with E-state index >= 15 is 0 Å². The lowest BCUT2D eigenvalue weighted by atomic mass is 10.3. The van der Waals surface area contributed by atoms with Crippen LogP contribution in [0.5, 0.6) is 0 Å². The quantitative estimate of drug-likeness (QED) is 0.601. The Morgan fingerprint density at radius 2 is 1.04 bits per heavy atom. The molecule has 0 aliphatic carbocycles. The van der Waals surface area contributed by atoms with E-state index in [1.807, 2.05) is 41.5 Å². The van der Waals surface area contributed by atoms with Gasteiger partial charge in [0.1, 0.15) is 0 Å². The molecule has 0 bridgehead atoms. The van der Waals surface area contributed by atoms with Crippen molar-refractivity contribution in [2.75, 3.05) is 18.5 Å². The maximum Gasteiger partial charge on any atom is 0.418 e. The van der Waals surface area contributed by atoms with Gasteiger partial charge in [-0.1, -0.05) is 55.2 Å². The van der Waals surface area contributed by atoms with E-state index in [1.54, 1.807) is 6.07 Å². The van der Waals surface area contributed by atoms with Gasteiger partial charge in [0.2, 0.25) is 0 Å². The van der Waals surface area contributed by atoms with Gasteiger partial charge in [0.15, 0.2) is 18.5 Å². The summed E-state index contributed by atoms with van der Waals surface area (Å²) in [6.45, 7) is 11.9. The van der Waals surface area contributed by atoms with E-state index in [9.17, 15) is 13.7 Å². The standard InChI is InChI=1S/C16H28N2O3P3/c1-11(2)8-22(19)14-7-15(23(20)9-12(3)4)18-16(17-14)24(21)10-13(5)6/h7,11-13H,8-10H2,1-6H3/q+3. The molecule has 0 saturated heterocycles. The molecule has 8 heteroatoms. The van der Waals surface area contributed by atoms with Crippen LogP contribution in [0.2, 0.25) is 0 Å². The van der Waals surface area contributed by atoms with Gasteiger partial charge in [-0.15, -0.1) is 9.97 Å². The molecule has 0 saturated carbocycles. The summed E-state index contributed by atoms with van der Waals surface area (Å²) >= 11 is 0. The first-order valence-corrected chi connectivity index (χ1v) is 12.7. The molecule has 1 aromatic rings. The molecule has 1 heterocycles. The van der Waals surface area contributed by atoms with Crippen LogP contribution in [0.15, 0.2) is 6.07 Å². The molecule has 0 aliphatic heterocycles. The van der Waals surface area contributed by atoms with Gasteiger partial charge in [0, 0.05) is 0 Å². The van der Waals surface area contributed by atoms with E-state index < -0.39 is 23.4 Å². The molecule has 3 unspecified atom stereocenters. The van der Waals surface area contributed by atoms with Crippen molar-refractivity contribution in [1.82, 2.24) is 9.97 Å². The highest BCUT2D eigenvalue weighted by Crippen LogP contribution is 2.27. The summed E-state index contributed by atoms with van der Waals surface area (Å²) in [4.78, 5) is 8.59. The zero-order valence-electron chi connectivity index (χ0n) is 15.4. The zero-order chi connectivity index (χ0) is 18.4. The third-order valence-corrected chi connectivity index (χ3v) is 8.33. The number of nitrogens with zero attached hydrogens (tertiary/aromatic N) is 2. The molecule has 0 N–H and O–H groups in total. The van der Waals surface area contributed by atoms with Gasteiger partial charge >= 0.3 is 29.0 Å². The summed E-state index contributed by atoms with van der Waals surface area (Å²) in [5.41, 5.74) is 0.973. The number of hydrogen-bond acceptors (Lipinski definition) is 5.